The van der Waals surface area contributed by atoms with Crippen molar-refractivity contribution in [2.45, 2.75) is 19.3 Å². The van der Waals surface area contributed by atoms with Crippen molar-refractivity contribution in [2.75, 3.05) is 13.1 Å². The summed E-state index contributed by atoms with van der Waals surface area (Å²) in [6, 6.07) is 4.97. The van der Waals surface area contributed by atoms with Crippen LogP contribution in [0.5, 0.6) is 0 Å². The van der Waals surface area contributed by atoms with Gasteiger partial charge in [-0.25, -0.2) is 0 Å². The monoisotopic (exact) mass is 315 g/mol. The standard InChI is InChI=1S/C14H15Cl2NO3/c15-10-2-1-3-11(16)13(10)14(20)17-6-4-9(5-7-17)8-12(18)19/h1-3,9H,4-8H2,(H,18,19). The largest absolute Gasteiger partial charge is 0.481 e. The summed E-state index contributed by atoms with van der Waals surface area (Å²) in [5.41, 5.74) is 0.326. The first-order valence-electron chi connectivity index (χ1n) is 6.44. The molecule has 1 aromatic carbocycles. The first-order valence-corrected chi connectivity index (χ1v) is 7.19. The summed E-state index contributed by atoms with van der Waals surface area (Å²) >= 11 is 12.1. The predicted octanol–water partition coefficient (Wildman–Crippen LogP) is 3.32. The van der Waals surface area contributed by atoms with Crippen LogP contribution in [0.1, 0.15) is 29.6 Å². The van der Waals surface area contributed by atoms with E-state index in [0.717, 1.165) is 0 Å². The van der Waals surface area contributed by atoms with E-state index in [2.05, 4.69) is 0 Å². The summed E-state index contributed by atoms with van der Waals surface area (Å²) in [7, 11) is 0. The number of likely N-dealkylation sites (tertiary alicyclic amines) is 1. The summed E-state index contributed by atoms with van der Waals surface area (Å²) in [5, 5.41) is 9.46. The predicted molar refractivity (Wildman–Crippen MR) is 77.3 cm³/mol. The Morgan fingerprint density at radius 3 is 2.25 bits per heavy atom. The molecule has 0 unspecified atom stereocenters. The Kier molecular flexibility index (Phi) is 4.89. The molecule has 1 aliphatic rings. The molecule has 4 nitrogen and oxygen atoms in total. The van der Waals surface area contributed by atoms with Gasteiger partial charge in [0.15, 0.2) is 0 Å². The van der Waals surface area contributed by atoms with Crippen molar-refractivity contribution in [1.29, 1.82) is 0 Å². The molecule has 0 radical (unpaired) electrons. The molecule has 1 saturated heterocycles. The van der Waals surface area contributed by atoms with E-state index >= 15 is 0 Å². The maximum Gasteiger partial charge on any atom is 0.303 e. The van der Waals surface area contributed by atoms with Crippen molar-refractivity contribution in [3.05, 3.63) is 33.8 Å². The fourth-order valence-corrected chi connectivity index (χ4v) is 3.01. The number of benzene rings is 1. The normalized spacial score (nSPS) is 16.2. The highest BCUT2D eigenvalue weighted by atomic mass is 35.5. The Bertz CT molecular complexity index is 505. The van der Waals surface area contributed by atoms with E-state index in [-0.39, 0.29) is 18.2 Å². The fourth-order valence-electron chi connectivity index (χ4n) is 2.45. The molecule has 1 N–H and O–H groups in total. The van der Waals surface area contributed by atoms with Crippen LogP contribution >= 0.6 is 23.2 Å². The molecule has 1 aromatic rings. The van der Waals surface area contributed by atoms with Crippen LogP contribution in [0.2, 0.25) is 10.0 Å². The molecule has 20 heavy (non-hydrogen) atoms. The molecule has 0 aliphatic carbocycles. The highest BCUT2D eigenvalue weighted by Crippen LogP contribution is 2.28. The van der Waals surface area contributed by atoms with Crippen molar-refractivity contribution in [2.24, 2.45) is 5.92 Å². The lowest BCUT2D eigenvalue weighted by Crippen LogP contribution is -2.39. The van der Waals surface area contributed by atoms with Crippen LogP contribution in [0, 0.1) is 5.92 Å². The van der Waals surface area contributed by atoms with Crippen LogP contribution in [0.15, 0.2) is 18.2 Å². The number of halogens is 2. The van der Waals surface area contributed by atoms with E-state index in [1.54, 1.807) is 23.1 Å². The zero-order valence-corrected chi connectivity index (χ0v) is 12.3. The minimum absolute atomic E-state index is 0.137. The smallest absolute Gasteiger partial charge is 0.303 e. The van der Waals surface area contributed by atoms with Gasteiger partial charge >= 0.3 is 5.97 Å². The first kappa shape index (κ1) is 15.1. The van der Waals surface area contributed by atoms with Crippen LogP contribution < -0.4 is 0 Å². The summed E-state index contributed by atoms with van der Waals surface area (Å²) in [6.07, 6.45) is 1.55. The lowest BCUT2D eigenvalue weighted by atomic mass is 9.93. The minimum atomic E-state index is -0.788. The Morgan fingerprint density at radius 2 is 1.75 bits per heavy atom. The molecule has 0 atom stereocenters. The molecule has 108 valence electrons. The molecule has 1 heterocycles. The summed E-state index contributed by atoms with van der Waals surface area (Å²) in [5.74, 6) is -0.837. The number of rotatable bonds is 3. The Labute approximate surface area is 127 Å². The number of amides is 1. The summed E-state index contributed by atoms with van der Waals surface area (Å²) in [6.45, 7) is 1.08. The number of piperidine rings is 1. The second-order valence-corrected chi connectivity index (χ2v) is 5.74. The average molecular weight is 316 g/mol. The molecule has 1 fully saturated rings. The van der Waals surface area contributed by atoms with Gasteiger partial charge in [-0.2, -0.15) is 0 Å². The summed E-state index contributed by atoms with van der Waals surface area (Å²) in [4.78, 5) is 24.8. The molecule has 0 saturated carbocycles. The molecule has 1 amide bonds. The van der Waals surface area contributed by atoms with E-state index in [9.17, 15) is 9.59 Å². The van der Waals surface area contributed by atoms with E-state index < -0.39 is 5.97 Å². The molecule has 6 heteroatoms. The van der Waals surface area contributed by atoms with Gasteiger partial charge in [-0.15, -0.1) is 0 Å². The Hall–Kier alpha value is -1.26. The number of carbonyl (C=O) groups is 2. The van der Waals surface area contributed by atoms with Gasteiger partial charge in [-0.1, -0.05) is 29.3 Å². The van der Waals surface area contributed by atoms with Crippen molar-refractivity contribution in [3.8, 4) is 0 Å². The third kappa shape index (κ3) is 3.44. The van der Waals surface area contributed by atoms with E-state index in [1.165, 1.54) is 0 Å². The van der Waals surface area contributed by atoms with Gasteiger partial charge in [0.05, 0.1) is 15.6 Å². The van der Waals surface area contributed by atoms with Gasteiger partial charge in [0.1, 0.15) is 0 Å². The number of carboxylic acids is 1. The second kappa shape index (κ2) is 6.46. The van der Waals surface area contributed by atoms with Crippen molar-refractivity contribution in [3.63, 3.8) is 0 Å². The molecular formula is C14H15Cl2NO3. The van der Waals surface area contributed by atoms with Gasteiger partial charge in [0, 0.05) is 19.5 Å². The quantitative estimate of drug-likeness (QED) is 0.930. The van der Waals surface area contributed by atoms with Gasteiger partial charge in [0.2, 0.25) is 0 Å². The minimum Gasteiger partial charge on any atom is -0.481 e. The SMILES string of the molecule is O=C(O)CC1CCN(C(=O)c2c(Cl)cccc2Cl)CC1. The fraction of sp³-hybridized carbons (Fsp3) is 0.429. The summed E-state index contributed by atoms with van der Waals surface area (Å²) < 4.78 is 0. The van der Waals surface area contributed by atoms with Crippen LogP contribution in [0.4, 0.5) is 0 Å². The maximum atomic E-state index is 12.4. The van der Waals surface area contributed by atoms with Crippen molar-refractivity contribution in [1.82, 2.24) is 4.90 Å². The van der Waals surface area contributed by atoms with Crippen molar-refractivity contribution >= 4 is 35.1 Å². The van der Waals surface area contributed by atoms with Gasteiger partial charge < -0.3 is 10.0 Å². The number of carboxylic acid groups (broad SMARTS) is 1. The third-order valence-corrected chi connectivity index (χ3v) is 4.17. The zero-order chi connectivity index (χ0) is 14.7. The Morgan fingerprint density at radius 1 is 1.20 bits per heavy atom. The number of nitrogens with zero attached hydrogens (tertiary/aromatic N) is 1. The van der Waals surface area contributed by atoms with E-state index in [0.29, 0.717) is 41.5 Å². The maximum absolute atomic E-state index is 12.4. The van der Waals surface area contributed by atoms with Gasteiger partial charge in [-0.3, -0.25) is 9.59 Å². The number of carbonyl (C=O) groups excluding carboxylic acids is 1. The highest BCUT2D eigenvalue weighted by Gasteiger charge is 2.27. The van der Waals surface area contributed by atoms with Gasteiger partial charge in [-0.05, 0) is 30.9 Å². The molecule has 0 spiro atoms. The number of hydrogen-bond donors (Lipinski definition) is 1. The van der Waals surface area contributed by atoms with E-state index in [4.69, 9.17) is 28.3 Å². The third-order valence-electron chi connectivity index (χ3n) is 3.54. The molecule has 1 aliphatic heterocycles. The number of hydrogen-bond acceptors (Lipinski definition) is 2. The van der Waals surface area contributed by atoms with Crippen molar-refractivity contribution < 1.29 is 14.7 Å². The number of aliphatic carboxylic acids is 1. The topological polar surface area (TPSA) is 57.6 Å². The van der Waals surface area contributed by atoms with Crippen LogP contribution in [-0.4, -0.2) is 35.0 Å². The lowest BCUT2D eigenvalue weighted by molar-refractivity contribution is -0.138. The highest BCUT2D eigenvalue weighted by molar-refractivity contribution is 6.39. The molecule has 0 bridgehead atoms. The second-order valence-electron chi connectivity index (χ2n) is 4.93. The van der Waals surface area contributed by atoms with Gasteiger partial charge in [0.25, 0.3) is 5.91 Å². The molecular weight excluding hydrogens is 301 g/mol. The lowest BCUT2D eigenvalue weighted by Gasteiger charge is -2.31. The van der Waals surface area contributed by atoms with E-state index in [1.807, 2.05) is 0 Å². The molecule has 0 aromatic heterocycles. The first-order chi connectivity index (χ1) is 9.49. The van der Waals surface area contributed by atoms with Crippen LogP contribution in [-0.2, 0) is 4.79 Å². The zero-order valence-electron chi connectivity index (χ0n) is 10.8. The van der Waals surface area contributed by atoms with Crippen LogP contribution in [0.25, 0.3) is 0 Å². The average Bonchev–Trinajstić information content (AvgIpc) is 2.38. The Balaban J connectivity index is 2.04. The molecule has 2 rings (SSSR count). The van der Waals surface area contributed by atoms with Crippen LogP contribution in [0.3, 0.4) is 0 Å².